The Morgan fingerprint density at radius 3 is 2.04 bits per heavy atom. The molecule has 0 aliphatic carbocycles. The first-order chi connectivity index (χ1) is 12.0. The van der Waals surface area contributed by atoms with E-state index in [2.05, 4.69) is 16.0 Å². The lowest BCUT2D eigenvalue weighted by Gasteiger charge is -2.08. The Morgan fingerprint density at radius 2 is 1.44 bits per heavy atom. The number of methoxy groups -OCH3 is 1. The molecule has 2 aromatic carbocycles. The van der Waals surface area contributed by atoms with Crippen LogP contribution in [0.4, 0.5) is 11.4 Å². The summed E-state index contributed by atoms with van der Waals surface area (Å²) >= 11 is 5.74. The largest absolute Gasteiger partial charge is 0.497 e. The summed E-state index contributed by atoms with van der Waals surface area (Å²) in [5.74, 6) is -1.60. The molecule has 3 amide bonds. The van der Waals surface area contributed by atoms with Crippen molar-refractivity contribution in [1.82, 2.24) is 5.32 Å². The summed E-state index contributed by atoms with van der Waals surface area (Å²) in [7, 11) is 1.54. The van der Waals surface area contributed by atoms with E-state index in [0.29, 0.717) is 22.1 Å². The summed E-state index contributed by atoms with van der Waals surface area (Å²) in [6.07, 6.45) is 0. The highest BCUT2D eigenvalue weighted by Crippen LogP contribution is 2.15. The number of amides is 3. The van der Waals surface area contributed by atoms with Crippen LogP contribution in [0, 0.1) is 0 Å². The van der Waals surface area contributed by atoms with Gasteiger partial charge < -0.3 is 20.7 Å². The van der Waals surface area contributed by atoms with E-state index in [1.165, 1.54) is 7.11 Å². The minimum atomic E-state index is -0.917. The zero-order valence-electron chi connectivity index (χ0n) is 13.3. The number of anilines is 2. The maximum atomic E-state index is 11.8. The Labute approximate surface area is 149 Å². The van der Waals surface area contributed by atoms with Crippen molar-refractivity contribution in [3.05, 3.63) is 53.6 Å². The first kappa shape index (κ1) is 18.3. The maximum Gasteiger partial charge on any atom is 0.313 e. The molecule has 0 atom stereocenters. The van der Waals surface area contributed by atoms with Gasteiger partial charge in [-0.2, -0.15) is 0 Å². The smallest absolute Gasteiger partial charge is 0.313 e. The fourth-order valence-electron chi connectivity index (χ4n) is 1.84. The third-order valence-electron chi connectivity index (χ3n) is 3.09. The highest BCUT2D eigenvalue weighted by molar-refractivity contribution is 6.40. The molecular formula is C17H16ClN3O4. The summed E-state index contributed by atoms with van der Waals surface area (Å²) in [4.78, 5) is 35.2. The van der Waals surface area contributed by atoms with Crippen LogP contribution < -0.4 is 20.7 Å². The van der Waals surface area contributed by atoms with Gasteiger partial charge in [-0.25, -0.2) is 0 Å². The normalized spacial score (nSPS) is 9.84. The Bertz CT molecular complexity index is 760. The highest BCUT2D eigenvalue weighted by Gasteiger charge is 2.14. The number of nitrogens with one attached hydrogen (secondary N) is 3. The lowest BCUT2D eigenvalue weighted by atomic mass is 10.3. The summed E-state index contributed by atoms with van der Waals surface area (Å²) in [6.45, 7) is -0.334. The number of carbonyl (C=O) groups excluding carboxylic acids is 3. The quantitative estimate of drug-likeness (QED) is 0.710. The average molecular weight is 362 g/mol. The number of hydrogen-bond donors (Lipinski definition) is 3. The van der Waals surface area contributed by atoms with Crippen LogP contribution in [-0.4, -0.2) is 31.4 Å². The predicted octanol–water partition coefficient (Wildman–Crippen LogP) is 2.04. The van der Waals surface area contributed by atoms with E-state index < -0.39 is 17.7 Å². The molecule has 8 heteroatoms. The van der Waals surface area contributed by atoms with E-state index in [9.17, 15) is 14.4 Å². The number of hydrogen-bond acceptors (Lipinski definition) is 4. The van der Waals surface area contributed by atoms with Gasteiger partial charge in [-0.3, -0.25) is 14.4 Å². The fourth-order valence-corrected chi connectivity index (χ4v) is 1.97. The second kappa shape index (κ2) is 8.70. The lowest BCUT2D eigenvalue weighted by Crippen LogP contribution is -2.39. The second-order valence-electron chi connectivity index (χ2n) is 4.92. The van der Waals surface area contributed by atoms with Crippen LogP contribution in [0.25, 0.3) is 0 Å². The average Bonchev–Trinajstić information content (AvgIpc) is 2.62. The van der Waals surface area contributed by atoms with Crippen LogP contribution in [0.2, 0.25) is 5.02 Å². The van der Waals surface area contributed by atoms with E-state index in [-0.39, 0.29) is 6.54 Å². The molecule has 0 fully saturated rings. The molecule has 130 valence electrons. The number of carbonyl (C=O) groups is 3. The molecule has 0 radical (unpaired) electrons. The monoisotopic (exact) mass is 361 g/mol. The Balaban J connectivity index is 1.78. The zero-order chi connectivity index (χ0) is 18.2. The van der Waals surface area contributed by atoms with Gasteiger partial charge >= 0.3 is 11.8 Å². The molecule has 7 nitrogen and oxygen atoms in total. The van der Waals surface area contributed by atoms with Gasteiger partial charge in [0.1, 0.15) is 5.75 Å². The third kappa shape index (κ3) is 5.82. The number of rotatable bonds is 5. The van der Waals surface area contributed by atoms with Gasteiger partial charge in [0.2, 0.25) is 5.91 Å². The van der Waals surface area contributed by atoms with Crippen molar-refractivity contribution in [3.63, 3.8) is 0 Å². The van der Waals surface area contributed by atoms with E-state index in [1.54, 1.807) is 48.5 Å². The van der Waals surface area contributed by atoms with Crippen molar-refractivity contribution < 1.29 is 19.1 Å². The van der Waals surface area contributed by atoms with Crippen LogP contribution in [0.5, 0.6) is 5.75 Å². The van der Waals surface area contributed by atoms with Crippen LogP contribution >= 0.6 is 11.6 Å². The molecule has 0 aliphatic rings. The van der Waals surface area contributed by atoms with E-state index >= 15 is 0 Å². The van der Waals surface area contributed by atoms with Crippen molar-refractivity contribution in [2.75, 3.05) is 24.3 Å². The Morgan fingerprint density at radius 1 is 0.880 bits per heavy atom. The molecule has 2 aromatic rings. The third-order valence-corrected chi connectivity index (χ3v) is 3.34. The number of halogens is 1. The minimum Gasteiger partial charge on any atom is -0.497 e. The van der Waals surface area contributed by atoms with Crippen molar-refractivity contribution in [2.45, 2.75) is 0 Å². The number of benzene rings is 2. The molecule has 25 heavy (non-hydrogen) atoms. The van der Waals surface area contributed by atoms with Gasteiger partial charge in [0.25, 0.3) is 0 Å². The molecule has 0 spiro atoms. The number of ether oxygens (including phenoxy) is 1. The molecule has 0 bridgehead atoms. The van der Waals surface area contributed by atoms with Crippen LogP contribution in [0.15, 0.2) is 48.5 Å². The Hall–Kier alpha value is -3.06. The van der Waals surface area contributed by atoms with Crippen LogP contribution in [-0.2, 0) is 14.4 Å². The minimum absolute atomic E-state index is 0.334. The van der Waals surface area contributed by atoms with Gasteiger partial charge in [0.15, 0.2) is 0 Å². The van der Waals surface area contributed by atoms with Gasteiger partial charge in [-0.05, 0) is 48.5 Å². The van der Waals surface area contributed by atoms with Gasteiger partial charge in [-0.1, -0.05) is 11.6 Å². The summed E-state index contributed by atoms with van der Waals surface area (Å²) < 4.78 is 5.01. The lowest BCUT2D eigenvalue weighted by molar-refractivity contribution is -0.136. The summed E-state index contributed by atoms with van der Waals surface area (Å²) in [6, 6.07) is 13.0. The molecule has 0 aliphatic heterocycles. The van der Waals surface area contributed by atoms with Gasteiger partial charge in [0.05, 0.1) is 13.7 Å². The van der Waals surface area contributed by atoms with Crippen LogP contribution in [0.3, 0.4) is 0 Å². The van der Waals surface area contributed by atoms with Crippen molar-refractivity contribution >= 4 is 40.7 Å². The first-order valence-electron chi connectivity index (χ1n) is 7.26. The first-order valence-corrected chi connectivity index (χ1v) is 7.64. The summed E-state index contributed by atoms with van der Waals surface area (Å²) in [5.41, 5.74) is 0.970. The van der Waals surface area contributed by atoms with Crippen LogP contribution in [0.1, 0.15) is 0 Å². The molecule has 0 saturated heterocycles. The molecule has 0 heterocycles. The van der Waals surface area contributed by atoms with Crippen molar-refractivity contribution in [3.8, 4) is 5.75 Å². The Kier molecular flexibility index (Phi) is 6.36. The molecule has 0 saturated carbocycles. The second-order valence-corrected chi connectivity index (χ2v) is 5.36. The van der Waals surface area contributed by atoms with Crippen molar-refractivity contribution in [1.29, 1.82) is 0 Å². The van der Waals surface area contributed by atoms with E-state index in [0.717, 1.165) is 0 Å². The topological polar surface area (TPSA) is 96.5 Å². The highest BCUT2D eigenvalue weighted by atomic mass is 35.5. The maximum absolute atomic E-state index is 11.8. The predicted molar refractivity (Wildman–Crippen MR) is 94.7 cm³/mol. The van der Waals surface area contributed by atoms with Crippen molar-refractivity contribution in [2.24, 2.45) is 0 Å². The molecule has 3 N–H and O–H groups in total. The fraction of sp³-hybridized carbons (Fsp3) is 0.118. The SMILES string of the molecule is COc1ccc(NC(=O)CNC(=O)C(=O)Nc2ccc(Cl)cc2)cc1. The molecule has 2 rings (SSSR count). The zero-order valence-corrected chi connectivity index (χ0v) is 14.1. The van der Waals surface area contributed by atoms with E-state index in [4.69, 9.17) is 16.3 Å². The summed E-state index contributed by atoms with van der Waals surface area (Å²) in [5, 5.41) is 7.74. The molecular weight excluding hydrogens is 346 g/mol. The van der Waals surface area contributed by atoms with E-state index in [1.807, 2.05) is 0 Å². The molecule has 0 aromatic heterocycles. The standard InChI is InChI=1S/C17H16ClN3O4/c1-25-14-8-6-12(7-9-14)20-15(22)10-19-16(23)17(24)21-13-4-2-11(18)3-5-13/h2-9H,10H2,1H3,(H,19,23)(H,20,22)(H,21,24). The molecule has 0 unspecified atom stereocenters. The van der Waals surface area contributed by atoms with Gasteiger partial charge in [0, 0.05) is 16.4 Å². The van der Waals surface area contributed by atoms with Gasteiger partial charge in [-0.15, -0.1) is 0 Å².